The van der Waals surface area contributed by atoms with Gasteiger partial charge in [-0.2, -0.15) is 0 Å². The van der Waals surface area contributed by atoms with Crippen molar-refractivity contribution in [1.29, 1.82) is 0 Å². The summed E-state index contributed by atoms with van der Waals surface area (Å²) in [5, 5.41) is 0. The molecular weight excluding hydrogens is 419 g/mol. The minimum absolute atomic E-state index is 0.241. The Morgan fingerprint density at radius 2 is 0.735 bits per heavy atom. The van der Waals surface area contributed by atoms with E-state index in [1.54, 1.807) is 0 Å². The van der Waals surface area contributed by atoms with Crippen LogP contribution in [0, 0.1) is 53.3 Å². The molecule has 34 heavy (non-hydrogen) atoms. The fraction of sp³-hybridized carbons (Fsp3) is 1.00. The summed E-state index contributed by atoms with van der Waals surface area (Å²) in [6.07, 6.45) is 11.9. The van der Waals surface area contributed by atoms with Crippen LogP contribution in [-0.2, 0) is 14.0 Å². The molecule has 3 saturated carbocycles. The molecule has 0 heterocycles. The van der Waals surface area contributed by atoms with Gasteiger partial charge in [-0.3, -0.25) is 0 Å². The van der Waals surface area contributed by atoms with Gasteiger partial charge in [0, 0.05) is 18.3 Å². The molecule has 0 aliphatic heterocycles. The molecule has 3 nitrogen and oxygen atoms in total. The highest BCUT2D eigenvalue weighted by molar-refractivity contribution is 6.36. The van der Waals surface area contributed by atoms with Gasteiger partial charge in [0.05, 0.1) is 0 Å². The van der Waals surface area contributed by atoms with Crippen molar-refractivity contribution in [2.24, 2.45) is 53.3 Å². The summed E-state index contributed by atoms with van der Waals surface area (Å²) >= 11 is 0. The highest BCUT2D eigenvalue weighted by Gasteiger charge is 2.43. The average molecular weight is 477 g/mol. The van der Waals surface area contributed by atoms with Gasteiger partial charge >= 0.3 is 7.32 Å². The monoisotopic (exact) mass is 476 g/mol. The van der Waals surface area contributed by atoms with E-state index in [-0.39, 0.29) is 18.3 Å². The van der Waals surface area contributed by atoms with E-state index in [1.165, 1.54) is 38.5 Å². The third kappa shape index (κ3) is 7.72. The van der Waals surface area contributed by atoms with Crippen LogP contribution in [0.25, 0.3) is 0 Å². The Labute approximate surface area is 213 Å². The van der Waals surface area contributed by atoms with Crippen LogP contribution in [0.4, 0.5) is 0 Å². The van der Waals surface area contributed by atoms with Gasteiger partial charge < -0.3 is 14.0 Å². The quantitative estimate of drug-likeness (QED) is 0.313. The van der Waals surface area contributed by atoms with E-state index < -0.39 is 7.32 Å². The molecule has 0 amide bonds. The second-order valence-electron chi connectivity index (χ2n) is 13.8. The molecule has 3 fully saturated rings. The van der Waals surface area contributed by atoms with Gasteiger partial charge in [-0.05, 0) is 91.8 Å². The Bertz CT molecular complexity index is 513. The molecule has 0 aromatic carbocycles. The number of hydrogen-bond acceptors (Lipinski definition) is 3. The summed E-state index contributed by atoms with van der Waals surface area (Å²) < 4.78 is 20.8. The van der Waals surface area contributed by atoms with Crippen LogP contribution in [0.1, 0.15) is 120 Å². The van der Waals surface area contributed by atoms with Gasteiger partial charge in [0.1, 0.15) is 0 Å². The standard InChI is InChI=1S/C30H57BO3/c1-19(2)25-13-10-22(7)16-28(25)32-31(33-29-17-23(8)11-14-26(29)20(3)4)34-30-18-24(9)12-15-27(30)21(5)6/h19-30H,10-18H2,1-9H3/t22-,23-,24+,25-,26-,27-,28-,29-,30-/m1/s1. The Morgan fingerprint density at radius 3 is 0.971 bits per heavy atom. The lowest BCUT2D eigenvalue weighted by atomic mass is 9.74. The first kappa shape index (κ1) is 28.5. The van der Waals surface area contributed by atoms with Crippen molar-refractivity contribution in [1.82, 2.24) is 0 Å². The average Bonchev–Trinajstić information content (AvgIpc) is 2.73. The largest absolute Gasteiger partial charge is 0.640 e. The normalized spacial score (nSPS) is 39.7. The molecule has 198 valence electrons. The molecule has 0 radical (unpaired) electrons. The van der Waals surface area contributed by atoms with Crippen LogP contribution in [0.2, 0.25) is 0 Å². The van der Waals surface area contributed by atoms with Gasteiger partial charge in [0.2, 0.25) is 0 Å². The molecule has 0 N–H and O–H groups in total. The second-order valence-corrected chi connectivity index (χ2v) is 13.8. The van der Waals surface area contributed by atoms with Crippen LogP contribution >= 0.6 is 0 Å². The topological polar surface area (TPSA) is 27.7 Å². The second kappa shape index (κ2) is 13.0. The van der Waals surface area contributed by atoms with E-state index >= 15 is 0 Å². The Kier molecular flexibility index (Phi) is 10.9. The van der Waals surface area contributed by atoms with Crippen molar-refractivity contribution < 1.29 is 14.0 Å². The third-order valence-corrected chi connectivity index (χ3v) is 9.74. The van der Waals surface area contributed by atoms with E-state index in [9.17, 15) is 0 Å². The van der Waals surface area contributed by atoms with Gasteiger partial charge in [-0.1, -0.05) is 81.6 Å². The van der Waals surface area contributed by atoms with Crippen molar-refractivity contribution in [2.45, 2.75) is 138 Å². The zero-order chi connectivity index (χ0) is 25.0. The van der Waals surface area contributed by atoms with Crippen LogP contribution < -0.4 is 0 Å². The van der Waals surface area contributed by atoms with Gasteiger partial charge in [0.25, 0.3) is 0 Å². The highest BCUT2D eigenvalue weighted by Crippen LogP contribution is 2.40. The van der Waals surface area contributed by atoms with Crippen LogP contribution in [0.15, 0.2) is 0 Å². The SMILES string of the molecule is CC(C)[C@H]1CC[C@@H](C)C[C@H]1OB(O[C@@H]1C[C@H](C)CC[C@@H]1C(C)C)O[C@@H]1C[C@@H](C)CC[C@@H]1C(C)C. The van der Waals surface area contributed by atoms with E-state index in [4.69, 9.17) is 14.0 Å². The molecule has 3 aliphatic carbocycles. The summed E-state index contributed by atoms with van der Waals surface area (Å²) in [5.41, 5.74) is 0. The molecule has 3 aliphatic rings. The molecule has 0 unspecified atom stereocenters. The maximum atomic E-state index is 6.92. The molecule has 9 atom stereocenters. The van der Waals surface area contributed by atoms with E-state index in [0.717, 1.165) is 37.0 Å². The van der Waals surface area contributed by atoms with Crippen LogP contribution in [0.3, 0.4) is 0 Å². The maximum absolute atomic E-state index is 6.92. The molecule has 0 aromatic rings. The summed E-state index contributed by atoms with van der Waals surface area (Å²) in [7, 11) is -0.523. The van der Waals surface area contributed by atoms with E-state index in [2.05, 4.69) is 62.3 Å². The predicted octanol–water partition coefficient (Wildman–Crippen LogP) is 8.40. The summed E-state index contributed by atoms with van der Waals surface area (Å²) in [6, 6.07) is 0. The number of rotatable bonds is 9. The van der Waals surface area contributed by atoms with Crippen molar-refractivity contribution in [2.75, 3.05) is 0 Å². The predicted molar refractivity (Wildman–Crippen MR) is 144 cm³/mol. The molecule has 0 bridgehead atoms. The molecule has 3 rings (SSSR count). The smallest absolute Gasteiger partial charge is 0.383 e. The maximum Gasteiger partial charge on any atom is 0.640 e. The molecule has 0 spiro atoms. The lowest BCUT2D eigenvalue weighted by Crippen LogP contribution is -2.48. The third-order valence-electron chi connectivity index (χ3n) is 9.74. The highest BCUT2D eigenvalue weighted by atomic mass is 16.7. The number of hydrogen-bond donors (Lipinski definition) is 0. The van der Waals surface area contributed by atoms with Gasteiger partial charge in [-0.25, -0.2) is 0 Å². The summed E-state index contributed by atoms with van der Waals surface area (Å²) in [6.45, 7) is 21.3. The van der Waals surface area contributed by atoms with Crippen LogP contribution in [-0.4, -0.2) is 25.6 Å². The molecule has 0 saturated heterocycles. The fourth-order valence-corrected chi connectivity index (χ4v) is 7.34. The minimum Gasteiger partial charge on any atom is -0.383 e. The van der Waals surface area contributed by atoms with Gasteiger partial charge in [0.15, 0.2) is 0 Å². The Morgan fingerprint density at radius 1 is 0.471 bits per heavy atom. The minimum atomic E-state index is -0.523. The first-order chi connectivity index (χ1) is 16.0. The zero-order valence-corrected chi connectivity index (χ0v) is 24.1. The first-order valence-electron chi connectivity index (χ1n) is 15.0. The van der Waals surface area contributed by atoms with Crippen molar-refractivity contribution >= 4 is 7.32 Å². The first-order valence-corrected chi connectivity index (χ1v) is 15.0. The lowest BCUT2D eigenvalue weighted by molar-refractivity contribution is -0.0763. The molecule has 0 aromatic heterocycles. The Hall–Kier alpha value is -0.0551. The molecular formula is C30H57BO3. The van der Waals surface area contributed by atoms with Crippen molar-refractivity contribution in [3.63, 3.8) is 0 Å². The zero-order valence-electron chi connectivity index (χ0n) is 24.1. The molecule has 4 heteroatoms. The fourth-order valence-electron chi connectivity index (χ4n) is 7.34. The lowest BCUT2D eigenvalue weighted by Gasteiger charge is -2.43. The van der Waals surface area contributed by atoms with E-state index in [1.807, 2.05) is 0 Å². The Balaban J connectivity index is 1.81. The summed E-state index contributed by atoms with van der Waals surface area (Å²) in [4.78, 5) is 0. The van der Waals surface area contributed by atoms with Crippen LogP contribution in [0.5, 0.6) is 0 Å². The summed E-state index contributed by atoms with van der Waals surface area (Å²) in [5.74, 6) is 5.86. The van der Waals surface area contributed by atoms with Gasteiger partial charge in [-0.15, -0.1) is 0 Å². The van der Waals surface area contributed by atoms with Crippen molar-refractivity contribution in [3.05, 3.63) is 0 Å². The van der Waals surface area contributed by atoms with Crippen molar-refractivity contribution in [3.8, 4) is 0 Å². The van der Waals surface area contributed by atoms with E-state index in [0.29, 0.717) is 35.5 Å².